The zero-order chi connectivity index (χ0) is 16.7. The van der Waals surface area contributed by atoms with Gasteiger partial charge in [0.1, 0.15) is 5.58 Å². The third-order valence-corrected chi connectivity index (χ3v) is 3.94. The summed E-state index contributed by atoms with van der Waals surface area (Å²) in [6, 6.07) is 8.27. The number of nitro groups is 1. The van der Waals surface area contributed by atoms with Crippen LogP contribution < -0.4 is 5.56 Å². The standard InChI is InChI=1S/C14H6Cl2N2O4S/c15-7-1-4-12-9(5-7)13(19)17(14(23)22-12)11-3-2-8(18(20)21)6-10(11)16/h1-6H. The van der Waals surface area contributed by atoms with Crippen molar-refractivity contribution in [2.75, 3.05) is 0 Å². The Balaban J connectivity index is 2.35. The fraction of sp³-hybridized carbons (Fsp3) is 0. The van der Waals surface area contributed by atoms with Gasteiger partial charge in [-0.05, 0) is 36.5 Å². The number of fused-ring (bicyclic) bond motifs is 1. The highest BCUT2D eigenvalue weighted by molar-refractivity contribution is 7.71. The van der Waals surface area contributed by atoms with Gasteiger partial charge in [0, 0.05) is 17.2 Å². The predicted molar refractivity (Wildman–Crippen MR) is 89.3 cm³/mol. The van der Waals surface area contributed by atoms with Crippen LogP contribution in [0.4, 0.5) is 5.69 Å². The maximum Gasteiger partial charge on any atom is 0.276 e. The van der Waals surface area contributed by atoms with E-state index in [1.807, 2.05) is 0 Å². The van der Waals surface area contributed by atoms with Gasteiger partial charge in [-0.2, -0.15) is 0 Å². The average Bonchev–Trinajstić information content (AvgIpc) is 2.49. The molecule has 0 bridgehead atoms. The minimum Gasteiger partial charge on any atom is -0.430 e. The molecule has 1 aromatic heterocycles. The molecule has 3 rings (SSSR count). The Labute approximate surface area is 143 Å². The van der Waals surface area contributed by atoms with Crippen molar-refractivity contribution in [1.29, 1.82) is 0 Å². The Hall–Kier alpha value is -2.22. The van der Waals surface area contributed by atoms with E-state index in [0.29, 0.717) is 10.6 Å². The summed E-state index contributed by atoms with van der Waals surface area (Å²) in [5.74, 6) is 0. The van der Waals surface area contributed by atoms with Crippen molar-refractivity contribution in [3.63, 3.8) is 0 Å². The van der Waals surface area contributed by atoms with E-state index in [1.165, 1.54) is 24.3 Å². The number of nitro benzene ring substituents is 1. The number of aromatic nitrogens is 1. The monoisotopic (exact) mass is 368 g/mol. The van der Waals surface area contributed by atoms with Crippen molar-refractivity contribution < 1.29 is 9.34 Å². The molecule has 0 spiro atoms. The van der Waals surface area contributed by atoms with E-state index in [9.17, 15) is 14.9 Å². The Kier molecular flexibility index (Phi) is 3.93. The van der Waals surface area contributed by atoms with Gasteiger partial charge in [0.15, 0.2) is 0 Å². The summed E-state index contributed by atoms with van der Waals surface area (Å²) in [6.45, 7) is 0. The van der Waals surface area contributed by atoms with Crippen LogP contribution in [0.15, 0.2) is 45.6 Å². The van der Waals surface area contributed by atoms with Crippen molar-refractivity contribution in [3.8, 4) is 5.69 Å². The van der Waals surface area contributed by atoms with E-state index < -0.39 is 10.5 Å². The largest absolute Gasteiger partial charge is 0.430 e. The van der Waals surface area contributed by atoms with E-state index >= 15 is 0 Å². The predicted octanol–water partition coefficient (Wildman–Crippen LogP) is 4.53. The summed E-state index contributed by atoms with van der Waals surface area (Å²) in [5, 5.41) is 11.4. The molecule has 0 saturated heterocycles. The number of nitrogens with zero attached hydrogens (tertiary/aromatic N) is 2. The van der Waals surface area contributed by atoms with Gasteiger partial charge in [-0.25, -0.2) is 4.57 Å². The Morgan fingerprint density at radius 3 is 2.57 bits per heavy atom. The lowest BCUT2D eigenvalue weighted by atomic mass is 10.2. The molecule has 0 aliphatic rings. The first kappa shape index (κ1) is 15.7. The smallest absolute Gasteiger partial charge is 0.276 e. The molecule has 2 aromatic carbocycles. The van der Waals surface area contributed by atoms with Gasteiger partial charge in [-0.15, -0.1) is 0 Å². The minimum absolute atomic E-state index is 0.00368. The summed E-state index contributed by atoms with van der Waals surface area (Å²) >= 11 is 17.1. The molecule has 0 saturated carbocycles. The molecular weight excluding hydrogens is 363 g/mol. The van der Waals surface area contributed by atoms with Gasteiger partial charge in [0.25, 0.3) is 16.1 Å². The first-order valence-electron chi connectivity index (χ1n) is 6.18. The maximum atomic E-state index is 12.7. The van der Waals surface area contributed by atoms with Crippen molar-refractivity contribution in [1.82, 2.24) is 4.57 Å². The second-order valence-electron chi connectivity index (χ2n) is 4.54. The number of hydrogen-bond acceptors (Lipinski definition) is 5. The lowest BCUT2D eigenvalue weighted by Crippen LogP contribution is -2.19. The molecule has 0 amide bonds. The van der Waals surface area contributed by atoms with E-state index in [1.54, 1.807) is 6.07 Å². The molecule has 0 aliphatic heterocycles. The molecule has 0 aliphatic carbocycles. The Bertz CT molecular complexity index is 1070. The number of halogens is 2. The number of hydrogen-bond donors (Lipinski definition) is 0. The molecule has 1 heterocycles. The molecular formula is C14H6Cl2N2O4S. The lowest BCUT2D eigenvalue weighted by Gasteiger charge is -2.08. The first-order valence-corrected chi connectivity index (χ1v) is 7.34. The summed E-state index contributed by atoms with van der Waals surface area (Å²) in [5.41, 5.74) is -0.190. The summed E-state index contributed by atoms with van der Waals surface area (Å²) in [4.78, 5) is 22.7. The summed E-state index contributed by atoms with van der Waals surface area (Å²) < 4.78 is 6.51. The molecule has 9 heteroatoms. The van der Waals surface area contributed by atoms with Gasteiger partial charge >= 0.3 is 0 Å². The molecule has 0 fully saturated rings. The fourth-order valence-corrected chi connectivity index (χ4v) is 2.80. The Morgan fingerprint density at radius 2 is 1.91 bits per heavy atom. The number of benzene rings is 2. The van der Waals surface area contributed by atoms with Crippen LogP contribution >= 0.6 is 35.4 Å². The van der Waals surface area contributed by atoms with Crippen LogP contribution in [0.3, 0.4) is 0 Å². The first-order chi connectivity index (χ1) is 10.9. The highest BCUT2D eigenvalue weighted by Crippen LogP contribution is 2.26. The van der Waals surface area contributed by atoms with Crippen molar-refractivity contribution >= 4 is 52.1 Å². The highest BCUT2D eigenvalue weighted by Gasteiger charge is 2.15. The van der Waals surface area contributed by atoms with Crippen LogP contribution in [-0.2, 0) is 0 Å². The second kappa shape index (κ2) is 5.77. The second-order valence-corrected chi connectivity index (χ2v) is 5.73. The zero-order valence-corrected chi connectivity index (χ0v) is 13.5. The van der Waals surface area contributed by atoms with Crippen LogP contribution in [0.2, 0.25) is 10.0 Å². The fourth-order valence-electron chi connectivity index (χ4n) is 2.10. The maximum absolute atomic E-state index is 12.7. The normalized spacial score (nSPS) is 10.9. The van der Waals surface area contributed by atoms with Gasteiger partial charge in [0.2, 0.25) is 0 Å². The van der Waals surface area contributed by atoms with Crippen molar-refractivity contribution in [2.45, 2.75) is 0 Å². The van der Waals surface area contributed by atoms with Gasteiger partial charge in [0.05, 0.1) is 21.0 Å². The zero-order valence-electron chi connectivity index (χ0n) is 11.2. The number of rotatable bonds is 2. The SMILES string of the molecule is O=c1c2cc(Cl)ccc2oc(=S)n1-c1ccc([N+](=O)[O-])cc1Cl. The highest BCUT2D eigenvalue weighted by atomic mass is 35.5. The van der Waals surface area contributed by atoms with Gasteiger partial charge in [-0.1, -0.05) is 23.2 Å². The van der Waals surface area contributed by atoms with Crippen molar-refractivity contribution in [2.24, 2.45) is 0 Å². The molecule has 0 radical (unpaired) electrons. The molecule has 116 valence electrons. The van der Waals surface area contributed by atoms with E-state index in [2.05, 4.69) is 0 Å². The molecule has 0 atom stereocenters. The summed E-state index contributed by atoms with van der Waals surface area (Å²) in [6.07, 6.45) is 0. The minimum atomic E-state index is -0.586. The van der Waals surface area contributed by atoms with Gasteiger partial charge < -0.3 is 4.42 Å². The van der Waals surface area contributed by atoms with Crippen LogP contribution in [-0.4, -0.2) is 9.49 Å². The van der Waals surface area contributed by atoms with Gasteiger partial charge in [-0.3, -0.25) is 14.9 Å². The van der Waals surface area contributed by atoms with Crippen LogP contribution in [0.25, 0.3) is 16.7 Å². The third-order valence-electron chi connectivity index (χ3n) is 3.14. The molecule has 0 N–H and O–H groups in total. The molecule has 23 heavy (non-hydrogen) atoms. The van der Waals surface area contributed by atoms with E-state index in [4.69, 9.17) is 39.8 Å². The van der Waals surface area contributed by atoms with Crippen molar-refractivity contribution in [3.05, 3.63) is 71.7 Å². The quantitative estimate of drug-likeness (QED) is 0.377. The van der Waals surface area contributed by atoms with Crippen LogP contribution in [0, 0.1) is 15.0 Å². The third kappa shape index (κ3) is 2.74. The van der Waals surface area contributed by atoms with Crippen LogP contribution in [0.5, 0.6) is 0 Å². The molecule has 0 unspecified atom stereocenters. The molecule has 3 aromatic rings. The summed E-state index contributed by atoms with van der Waals surface area (Å²) in [7, 11) is 0. The Morgan fingerprint density at radius 1 is 1.17 bits per heavy atom. The topological polar surface area (TPSA) is 78.3 Å². The molecule has 6 nitrogen and oxygen atoms in total. The number of non-ortho nitro benzene ring substituents is 1. The van der Waals surface area contributed by atoms with Crippen LogP contribution in [0.1, 0.15) is 0 Å². The average molecular weight is 369 g/mol. The van der Waals surface area contributed by atoms with E-state index in [-0.39, 0.29) is 26.6 Å². The lowest BCUT2D eigenvalue weighted by molar-refractivity contribution is -0.384. The van der Waals surface area contributed by atoms with E-state index in [0.717, 1.165) is 10.6 Å².